The van der Waals surface area contributed by atoms with Crippen LogP contribution in [0.4, 0.5) is 0 Å². The van der Waals surface area contributed by atoms with Crippen molar-refractivity contribution in [2.24, 2.45) is 0 Å². The van der Waals surface area contributed by atoms with Gasteiger partial charge < -0.3 is 0 Å². The quantitative estimate of drug-likeness (QED) is 0.577. The van der Waals surface area contributed by atoms with Crippen molar-refractivity contribution in [3.05, 3.63) is 33.8 Å². The van der Waals surface area contributed by atoms with Gasteiger partial charge in [-0.25, -0.2) is 0 Å². The fourth-order valence-corrected chi connectivity index (χ4v) is 1.64. The van der Waals surface area contributed by atoms with Crippen LogP contribution >= 0.6 is 15.9 Å². The van der Waals surface area contributed by atoms with Crippen molar-refractivity contribution in [2.75, 3.05) is 0 Å². The van der Waals surface area contributed by atoms with E-state index in [0.29, 0.717) is 0 Å². The van der Waals surface area contributed by atoms with Crippen LogP contribution in [0.3, 0.4) is 0 Å². The Morgan fingerprint density at radius 2 is 1.40 bits per heavy atom. The molecule has 2 heteroatoms. The zero-order valence-corrected chi connectivity index (χ0v) is 7.20. The number of benzene rings is 1. The first kappa shape index (κ1) is 10.5. The summed E-state index contributed by atoms with van der Waals surface area (Å²) < 4.78 is 1.17. The van der Waals surface area contributed by atoms with Crippen LogP contribution in [0.15, 0.2) is 22.7 Å². The zero-order valence-electron chi connectivity index (χ0n) is 5.61. The van der Waals surface area contributed by atoms with Gasteiger partial charge in [-0.2, -0.15) is 0 Å². The van der Waals surface area contributed by atoms with Gasteiger partial charge in [0.15, 0.2) is 0 Å². The molecule has 1 aromatic carbocycles. The Balaban J connectivity index is 0.000000810. The molecule has 0 heterocycles. The molecule has 0 spiro atoms. The highest BCUT2D eigenvalue weighted by molar-refractivity contribution is 9.10. The summed E-state index contributed by atoms with van der Waals surface area (Å²) in [6.45, 7) is 4.19. The molecule has 52 valence electrons. The first-order valence-electron chi connectivity index (χ1n) is 2.92. The van der Waals surface area contributed by atoms with Crippen molar-refractivity contribution in [2.45, 2.75) is 13.8 Å². The summed E-state index contributed by atoms with van der Waals surface area (Å²) in [5, 5.41) is 0. The molecule has 0 aliphatic rings. The number of aryl methyl sites for hydroxylation is 2. The van der Waals surface area contributed by atoms with Crippen LogP contribution in [0, 0.1) is 13.8 Å². The molecule has 0 aliphatic carbocycles. The van der Waals surface area contributed by atoms with E-state index in [2.05, 4.69) is 48.0 Å². The highest BCUT2D eigenvalue weighted by Gasteiger charge is 1.88. The second-order valence-electron chi connectivity index (χ2n) is 2.31. The molecule has 0 aromatic heterocycles. The molecule has 0 radical (unpaired) electrons. The topological polar surface area (TPSA) is 0 Å². The SMILES string of the molecule is Cc1cc(C)cc(Br)c1.[MgH2]. The van der Waals surface area contributed by atoms with Crippen molar-refractivity contribution in [1.82, 2.24) is 0 Å². The highest BCUT2D eigenvalue weighted by Crippen LogP contribution is 2.13. The fraction of sp³-hybridized carbons (Fsp3) is 0.250. The van der Waals surface area contributed by atoms with Crippen LogP contribution in [0.2, 0.25) is 0 Å². The summed E-state index contributed by atoms with van der Waals surface area (Å²) in [6.07, 6.45) is 0. The summed E-state index contributed by atoms with van der Waals surface area (Å²) in [5.41, 5.74) is 2.61. The maximum Gasteiger partial charge on any atom is 0.316 e. The molecule has 1 aromatic rings. The van der Waals surface area contributed by atoms with E-state index in [4.69, 9.17) is 0 Å². The lowest BCUT2D eigenvalue weighted by atomic mass is 10.2. The number of hydrogen-bond donors (Lipinski definition) is 0. The van der Waals surface area contributed by atoms with E-state index in [-0.39, 0.29) is 23.1 Å². The van der Waals surface area contributed by atoms with E-state index in [9.17, 15) is 0 Å². The molecule has 0 saturated heterocycles. The fourth-order valence-electron chi connectivity index (χ4n) is 0.919. The Hall–Kier alpha value is 0.466. The van der Waals surface area contributed by atoms with Crippen LogP contribution in [-0.2, 0) is 0 Å². The van der Waals surface area contributed by atoms with Gasteiger partial charge in [0, 0.05) is 4.47 Å². The van der Waals surface area contributed by atoms with Crippen molar-refractivity contribution in [3.8, 4) is 0 Å². The maximum absolute atomic E-state index is 3.41. The second kappa shape index (κ2) is 4.37. The molecule has 0 N–H and O–H groups in total. The molecule has 10 heavy (non-hydrogen) atoms. The lowest BCUT2D eigenvalue weighted by molar-refractivity contribution is 1.37. The minimum absolute atomic E-state index is 0. The minimum atomic E-state index is 0. The number of halogens is 1. The summed E-state index contributed by atoms with van der Waals surface area (Å²) >= 11 is 3.41. The molecule has 0 amide bonds. The number of hydrogen-bond acceptors (Lipinski definition) is 0. The highest BCUT2D eigenvalue weighted by atomic mass is 79.9. The molecule has 0 saturated carbocycles. The Labute approximate surface area is 86.3 Å². The average molecular weight is 211 g/mol. The number of rotatable bonds is 0. The maximum atomic E-state index is 3.41. The van der Waals surface area contributed by atoms with Gasteiger partial charge in [-0.05, 0) is 37.1 Å². The standard InChI is InChI=1S/C8H9Br.Mg.2H/c1-6-3-7(2)5-8(9)4-6;;;/h3-5H,1-2H3;;;. The van der Waals surface area contributed by atoms with Gasteiger partial charge in [-0.1, -0.05) is 22.0 Å². The Morgan fingerprint density at radius 3 is 1.70 bits per heavy atom. The monoisotopic (exact) mass is 210 g/mol. The zero-order chi connectivity index (χ0) is 6.85. The molecule has 0 aliphatic heterocycles. The van der Waals surface area contributed by atoms with Crippen molar-refractivity contribution in [3.63, 3.8) is 0 Å². The first-order valence-corrected chi connectivity index (χ1v) is 3.71. The van der Waals surface area contributed by atoms with Crippen LogP contribution in [-0.4, -0.2) is 23.1 Å². The predicted molar refractivity (Wildman–Crippen MR) is 52.2 cm³/mol. The molecular weight excluding hydrogens is 200 g/mol. The summed E-state index contributed by atoms with van der Waals surface area (Å²) in [4.78, 5) is 0. The van der Waals surface area contributed by atoms with Gasteiger partial charge in [0.05, 0.1) is 0 Å². The average Bonchev–Trinajstić information content (AvgIpc) is 1.59. The normalized spacial score (nSPS) is 8.70. The van der Waals surface area contributed by atoms with Crippen molar-refractivity contribution < 1.29 is 0 Å². The van der Waals surface area contributed by atoms with E-state index in [1.165, 1.54) is 15.6 Å². The second-order valence-corrected chi connectivity index (χ2v) is 3.22. The molecule has 0 unspecified atom stereocenters. The summed E-state index contributed by atoms with van der Waals surface area (Å²) in [7, 11) is 0. The molecule has 1 rings (SSSR count). The first-order chi connectivity index (χ1) is 4.18. The van der Waals surface area contributed by atoms with Gasteiger partial charge in [0.1, 0.15) is 0 Å². The smallest absolute Gasteiger partial charge is 0.0563 e. The third kappa shape index (κ3) is 3.04. The van der Waals surface area contributed by atoms with E-state index in [1.807, 2.05) is 0 Å². The Morgan fingerprint density at radius 1 is 1.00 bits per heavy atom. The lowest BCUT2D eigenvalue weighted by Gasteiger charge is -1.95. The van der Waals surface area contributed by atoms with E-state index in [1.54, 1.807) is 0 Å². The van der Waals surface area contributed by atoms with Crippen molar-refractivity contribution >= 4 is 39.0 Å². The molecule has 0 bridgehead atoms. The van der Waals surface area contributed by atoms with E-state index >= 15 is 0 Å². The molecule has 0 fully saturated rings. The van der Waals surface area contributed by atoms with Gasteiger partial charge in [-0.15, -0.1) is 0 Å². The van der Waals surface area contributed by atoms with Gasteiger partial charge in [0.25, 0.3) is 0 Å². The largest absolute Gasteiger partial charge is 0.316 e. The summed E-state index contributed by atoms with van der Waals surface area (Å²) in [5.74, 6) is 0. The lowest BCUT2D eigenvalue weighted by Crippen LogP contribution is -1.74. The van der Waals surface area contributed by atoms with Crippen LogP contribution < -0.4 is 0 Å². The summed E-state index contributed by atoms with van der Waals surface area (Å²) in [6, 6.07) is 6.37. The van der Waals surface area contributed by atoms with Gasteiger partial charge in [0.2, 0.25) is 0 Å². The van der Waals surface area contributed by atoms with Crippen LogP contribution in [0.25, 0.3) is 0 Å². The molecule has 0 nitrogen and oxygen atoms in total. The van der Waals surface area contributed by atoms with Crippen LogP contribution in [0.1, 0.15) is 11.1 Å². The minimum Gasteiger partial charge on any atom is -0.0563 e. The third-order valence-corrected chi connectivity index (χ3v) is 1.64. The van der Waals surface area contributed by atoms with Gasteiger partial charge in [-0.3, -0.25) is 0 Å². The Bertz CT molecular complexity index is 170. The predicted octanol–water partition coefficient (Wildman–Crippen LogP) is 2.15. The van der Waals surface area contributed by atoms with E-state index in [0.717, 1.165) is 0 Å². The third-order valence-electron chi connectivity index (χ3n) is 1.19. The van der Waals surface area contributed by atoms with Gasteiger partial charge >= 0.3 is 23.1 Å². The van der Waals surface area contributed by atoms with Crippen molar-refractivity contribution in [1.29, 1.82) is 0 Å². The molecular formula is C8H11BrMg. The van der Waals surface area contributed by atoms with E-state index < -0.39 is 0 Å². The van der Waals surface area contributed by atoms with Crippen LogP contribution in [0.5, 0.6) is 0 Å². The Kier molecular flexibility index (Phi) is 4.57. The molecule has 0 atom stereocenters.